The molecular weight excluding hydrogens is 322 g/mol. The molecule has 0 saturated carbocycles. The third-order valence-corrected chi connectivity index (χ3v) is 3.99. The van der Waals surface area contributed by atoms with E-state index in [-0.39, 0.29) is 0 Å². The Hall–Kier alpha value is -1.40. The van der Waals surface area contributed by atoms with Crippen molar-refractivity contribution in [1.82, 2.24) is 15.5 Å². The summed E-state index contributed by atoms with van der Waals surface area (Å²) in [5.41, 5.74) is 0.950. The molecule has 0 bridgehead atoms. The molecule has 1 aromatic carbocycles. The van der Waals surface area contributed by atoms with Gasteiger partial charge in [0.2, 0.25) is 0 Å². The van der Waals surface area contributed by atoms with Crippen LogP contribution >= 0.6 is 15.9 Å². The Morgan fingerprint density at radius 3 is 2.85 bits per heavy atom. The number of hydrogen-bond donors (Lipinski definition) is 2. The van der Waals surface area contributed by atoms with Gasteiger partial charge in [0.25, 0.3) is 0 Å². The van der Waals surface area contributed by atoms with E-state index in [1.54, 1.807) is 4.90 Å². The van der Waals surface area contributed by atoms with Gasteiger partial charge in [-0.3, -0.25) is 9.59 Å². The van der Waals surface area contributed by atoms with E-state index < -0.39 is 11.8 Å². The van der Waals surface area contributed by atoms with E-state index >= 15 is 0 Å². The number of amides is 2. The first kappa shape index (κ1) is 15.0. The molecule has 108 valence electrons. The maximum atomic E-state index is 12.0. The highest BCUT2D eigenvalue weighted by atomic mass is 79.9. The maximum absolute atomic E-state index is 12.0. The number of carbonyl (C=O) groups excluding carboxylic acids is 2. The van der Waals surface area contributed by atoms with E-state index in [0.29, 0.717) is 19.6 Å². The fourth-order valence-electron chi connectivity index (χ4n) is 2.09. The molecule has 2 amide bonds. The van der Waals surface area contributed by atoms with Crippen LogP contribution in [0.3, 0.4) is 0 Å². The molecule has 0 spiro atoms. The zero-order chi connectivity index (χ0) is 14.4. The van der Waals surface area contributed by atoms with Crippen LogP contribution in [0.1, 0.15) is 12.0 Å². The number of rotatable bonds is 2. The van der Waals surface area contributed by atoms with Gasteiger partial charge in [0.05, 0.1) is 0 Å². The van der Waals surface area contributed by atoms with Crippen LogP contribution in [-0.4, -0.2) is 42.9 Å². The minimum absolute atomic E-state index is 0.345. The number of carbonyl (C=O) groups is 2. The van der Waals surface area contributed by atoms with Gasteiger partial charge in [-0.25, -0.2) is 0 Å². The first-order chi connectivity index (χ1) is 9.68. The van der Waals surface area contributed by atoms with E-state index in [1.807, 2.05) is 24.3 Å². The molecule has 2 rings (SSSR count). The molecule has 5 nitrogen and oxygen atoms in total. The Kier molecular flexibility index (Phi) is 5.55. The van der Waals surface area contributed by atoms with Crippen molar-refractivity contribution in [1.29, 1.82) is 0 Å². The number of nitrogens with zero attached hydrogens (tertiary/aromatic N) is 1. The quantitative estimate of drug-likeness (QED) is 0.786. The molecule has 0 unspecified atom stereocenters. The van der Waals surface area contributed by atoms with Crippen LogP contribution in [0.5, 0.6) is 0 Å². The van der Waals surface area contributed by atoms with E-state index in [4.69, 9.17) is 0 Å². The monoisotopic (exact) mass is 339 g/mol. The molecule has 2 N–H and O–H groups in total. The molecule has 1 aromatic rings. The predicted octanol–water partition coefficient (Wildman–Crippen LogP) is 0.887. The van der Waals surface area contributed by atoms with Gasteiger partial charge < -0.3 is 15.5 Å². The van der Waals surface area contributed by atoms with E-state index in [9.17, 15) is 9.59 Å². The molecule has 1 aliphatic rings. The molecule has 1 heterocycles. The van der Waals surface area contributed by atoms with E-state index in [2.05, 4.69) is 26.6 Å². The molecule has 0 atom stereocenters. The normalized spacial score (nSPS) is 15.6. The van der Waals surface area contributed by atoms with Gasteiger partial charge in [-0.2, -0.15) is 0 Å². The lowest BCUT2D eigenvalue weighted by Crippen LogP contribution is -2.44. The zero-order valence-electron chi connectivity index (χ0n) is 11.2. The molecule has 6 heteroatoms. The van der Waals surface area contributed by atoms with Crippen molar-refractivity contribution >= 4 is 27.7 Å². The summed E-state index contributed by atoms with van der Waals surface area (Å²) in [6.45, 7) is 3.19. The highest BCUT2D eigenvalue weighted by Gasteiger charge is 2.22. The van der Waals surface area contributed by atoms with Gasteiger partial charge in [0.1, 0.15) is 0 Å². The van der Waals surface area contributed by atoms with Gasteiger partial charge >= 0.3 is 11.8 Å². The van der Waals surface area contributed by atoms with Gasteiger partial charge in [-0.1, -0.05) is 34.1 Å². The summed E-state index contributed by atoms with van der Waals surface area (Å²) in [6, 6.07) is 7.62. The topological polar surface area (TPSA) is 61.4 Å². The van der Waals surface area contributed by atoms with E-state index in [0.717, 1.165) is 29.5 Å². The second kappa shape index (κ2) is 7.40. The van der Waals surface area contributed by atoms with Crippen molar-refractivity contribution in [3.8, 4) is 0 Å². The van der Waals surface area contributed by atoms with Crippen LogP contribution in [-0.2, 0) is 16.1 Å². The Balaban J connectivity index is 1.88. The van der Waals surface area contributed by atoms with Gasteiger partial charge in [-0.15, -0.1) is 0 Å². The lowest BCUT2D eigenvalue weighted by atomic mass is 10.2. The van der Waals surface area contributed by atoms with Crippen LogP contribution in [0, 0.1) is 0 Å². The Morgan fingerprint density at radius 1 is 1.25 bits per heavy atom. The number of benzene rings is 1. The third kappa shape index (κ3) is 4.05. The first-order valence-corrected chi connectivity index (χ1v) is 7.49. The zero-order valence-corrected chi connectivity index (χ0v) is 12.8. The Morgan fingerprint density at radius 2 is 2.05 bits per heavy atom. The van der Waals surface area contributed by atoms with Crippen molar-refractivity contribution in [3.63, 3.8) is 0 Å². The smallest absolute Gasteiger partial charge is 0.311 e. The first-order valence-electron chi connectivity index (χ1n) is 6.69. The van der Waals surface area contributed by atoms with Gasteiger partial charge in [0, 0.05) is 30.7 Å². The van der Waals surface area contributed by atoms with Crippen molar-refractivity contribution < 1.29 is 9.59 Å². The molecule has 20 heavy (non-hydrogen) atoms. The molecule has 1 aliphatic heterocycles. The second-order valence-corrected chi connectivity index (χ2v) is 5.52. The van der Waals surface area contributed by atoms with Crippen LogP contribution in [0.25, 0.3) is 0 Å². The van der Waals surface area contributed by atoms with Crippen molar-refractivity contribution in [2.75, 3.05) is 26.2 Å². The largest absolute Gasteiger partial charge is 0.344 e. The maximum Gasteiger partial charge on any atom is 0.311 e. The van der Waals surface area contributed by atoms with Crippen LogP contribution < -0.4 is 10.6 Å². The van der Waals surface area contributed by atoms with Crippen molar-refractivity contribution in [2.24, 2.45) is 0 Å². The molecule has 1 saturated heterocycles. The summed E-state index contributed by atoms with van der Waals surface area (Å²) >= 11 is 3.42. The molecule has 0 radical (unpaired) electrons. The molecule has 0 aliphatic carbocycles. The molecular formula is C14H18BrN3O2. The molecule has 1 fully saturated rings. The van der Waals surface area contributed by atoms with Gasteiger partial charge in [-0.05, 0) is 24.6 Å². The Bertz CT molecular complexity index is 485. The summed E-state index contributed by atoms with van der Waals surface area (Å²) in [6.07, 6.45) is 0.878. The van der Waals surface area contributed by atoms with E-state index in [1.165, 1.54) is 0 Å². The lowest BCUT2D eigenvalue weighted by Gasteiger charge is -2.19. The van der Waals surface area contributed by atoms with Crippen molar-refractivity contribution in [2.45, 2.75) is 13.0 Å². The van der Waals surface area contributed by atoms with Crippen LogP contribution in [0.4, 0.5) is 0 Å². The number of nitrogens with one attached hydrogen (secondary N) is 2. The Labute approximate surface area is 126 Å². The predicted molar refractivity (Wildman–Crippen MR) is 80.1 cm³/mol. The highest BCUT2D eigenvalue weighted by molar-refractivity contribution is 9.10. The highest BCUT2D eigenvalue weighted by Crippen LogP contribution is 2.15. The summed E-state index contributed by atoms with van der Waals surface area (Å²) in [4.78, 5) is 25.5. The summed E-state index contributed by atoms with van der Waals surface area (Å²) in [7, 11) is 0. The average molecular weight is 340 g/mol. The minimum atomic E-state index is -0.539. The van der Waals surface area contributed by atoms with Crippen LogP contribution in [0.15, 0.2) is 28.7 Å². The SMILES string of the molecule is O=C(NCc1ccccc1Br)C(=O)N1CCCNCC1. The van der Waals surface area contributed by atoms with Crippen molar-refractivity contribution in [3.05, 3.63) is 34.3 Å². The number of halogens is 1. The average Bonchev–Trinajstić information content (AvgIpc) is 2.74. The summed E-state index contributed by atoms with van der Waals surface area (Å²) in [5, 5.41) is 5.88. The fourth-order valence-corrected chi connectivity index (χ4v) is 2.51. The lowest BCUT2D eigenvalue weighted by molar-refractivity contribution is -0.145. The van der Waals surface area contributed by atoms with Gasteiger partial charge in [0.15, 0.2) is 0 Å². The fraction of sp³-hybridized carbons (Fsp3) is 0.429. The summed E-state index contributed by atoms with van der Waals surface area (Å²) < 4.78 is 0.923. The van der Waals surface area contributed by atoms with Crippen LogP contribution in [0.2, 0.25) is 0 Å². The minimum Gasteiger partial charge on any atom is -0.344 e. The number of hydrogen-bond acceptors (Lipinski definition) is 3. The molecule has 0 aromatic heterocycles. The second-order valence-electron chi connectivity index (χ2n) is 4.67. The summed E-state index contributed by atoms with van der Waals surface area (Å²) in [5.74, 6) is -0.983. The third-order valence-electron chi connectivity index (χ3n) is 3.22. The standard InChI is InChI=1S/C14H18BrN3O2/c15-12-5-2-1-4-11(12)10-17-13(19)14(20)18-8-3-6-16-7-9-18/h1-2,4-5,16H,3,6-10H2,(H,17,19).